The van der Waals surface area contributed by atoms with Crippen LogP contribution in [0, 0.1) is 0 Å². The van der Waals surface area contributed by atoms with E-state index in [0.29, 0.717) is 12.3 Å². The first-order valence-corrected chi connectivity index (χ1v) is 11.3. The van der Waals surface area contributed by atoms with Crippen LogP contribution in [0.5, 0.6) is 0 Å². The third-order valence-electron chi connectivity index (χ3n) is 6.10. The third-order valence-corrected chi connectivity index (χ3v) is 7.29. The van der Waals surface area contributed by atoms with Crippen LogP contribution in [-0.4, -0.2) is 47.0 Å². The lowest BCUT2D eigenvalue weighted by atomic mass is 9.96. The zero-order valence-electron chi connectivity index (χ0n) is 16.8. The van der Waals surface area contributed by atoms with Gasteiger partial charge in [-0.3, -0.25) is 4.79 Å². The number of anilines is 1. The van der Waals surface area contributed by atoms with Gasteiger partial charge in [0.05, 0.1) is 5.39 Å². The summed E-state index contributed by atoms with van der Waals surface area (Å²) in [6.45, 7) is 9.68. The number of aromatic nitrogens is 2. The molecule has 1 amide bonds. The Morgan fingerprint density at radius 2 is 1.85 bits per heavy atom. The molecular weight excluding hydrogens is 356 g/mol. The largest absolute Gasteiger partial charge is 0.352 e. The summed E-state index contributed by atoms with van der Waals surface area (Å²) in [4.78, 5) is 29.2. The minimum Gasteiger partial charge on any atom is -0.352 e. The van der Waals surface area contributed by atoms with Crippen molar-refractivity contribution < 1.29 is 4.79 Å². The van der Waals surface area contributed by atoms with Gasteiger partial charge in [0.2, 0.25) is 5.91 Å². The molecule has 1 aliphatic carbocycles. The van der Waals surface area contributed by atoms with Gasteiger partial charge >= 0.3 is 0 Å². The van der Waals surface area contributed by atoms with Gasteiger partial charge in [-0.05, 0) is 37.7 Å². The van der Waals surface area contributed by atoms with Crippen molar-refractivity contribution in [2.24, 2.45) is 0 Å². The lowest BCUT2D eigenvalue weighted by Gasteiger charge is -2.36. The number of carbonyl (C=O) groups excluding carboxylic acids is 1. The van der Waals surface area contributed by atoms with E-state index >= 15 is 0 Å². The number of hydrogen-bond donors (Lipinski definition) is 0. The second kappa shape index (κ2) is 7.74. The Bertz CT molecular complexity index is 838. The quantitative estimate of drug-likeness (QED) is 0.792. The van der Waals surface area contributed by atoms with Gasteiger partial charge in [-0.25, -0.2) is 9.97 Å². The molecule has 0 N–H and O–H groups in total. The van der Waals surface area contributed by atoms with E-state index in [1.54, 1.807) is 0 Å². The SMILES string of the molecule is CCC(=O)N1CCN(c2nc([C@H](C)CC)nc3sc4c(c23)CCCC4)CC1. The summed E-state index contributed by atoms with van der Waals surface area (Å²) in [7, 11) is 0. The van der Waals surface area contributed by atoms with Crippen LogP contribution in [0.4, 0.5) is 5.82 Å². The summed E-state index contributed by atoms with van der Waals surface area (Å²) in [6.07, 6.45) is 6.54. The normalized spacial score (nSPS) is 18.6. The Labute approximate surface area is 165 Å². The summed E-state index contributed by atoms with van der Waals surface area (Å²) < 4.78 is 0. The summed E-state index contributed by atoms with van der Waals surface area (Å²) >= 11 is 1.89. The fourth-order valence-electron chi connectivity index (χ4n) is 4.18. The first-order valence-electron chi connectivity index (χ1n) is 10.5. The number of piperazine rings is 1. The highest BCUT2D eigenvalue weighted by molar-refractivity contribution is 7.19. The predicted octanol–water partition coefficient (Wildman–Crippen LogP) is 4.14. The highest BCUT2D eigenvalue weighted by atomic mass is 32.1. The Morgan fingerprint density at radius 3 is 2.56 bits per heavy atom. The zero-order chi connectivity index (χ0) is 19.0. The summed E-state index contributed by atoms with van der Waals surface area (Å²) in [6, 6.07) is 0. The van der Waals surface area contributed by atoms with Crippen molar-refractivity contribution in [3.8, 4) is 0 Å². The number of thiophene rings is 1. The van der Waals surface area contributed by atoms with E-state index in [-0.39, 0.29) is 5.91 Å². The number of rotatable bonds is 4. The molecule has 1 atom stereocenters. The molecule has 0 saturated carbocycles. The van der Waals surface area contributed by atoms with Crippen molar-refractivity contribution >= 4 is 33.3 Å². The van der Waals surface area contributed by atoms with Gasteiger partial charge < -0.3 is 9.80 Å². The molecule has 0 unspecified atom stereocenters. The van der Waals surface area contributed by atoms with E-state index in [4.69, 9.17) is 9.97 Å². The monoisotopic (exact) mass is 386 g/mol. The van der Waals surface area contributed by atoms with Crippen molar-refractivity contribution in [3.05, 3.63) is 16.3 Å². The van der Waals surface area contributed by atoms with Gasteiger partial charge in [0.25, 0.3) is 0 Å². The van der Waals surface area contributed by atoms with Crippen molar-refractivity contribution in [2.45, 2.75) is 65.2 Å². The molecule has 2 aromatic rings. The van der Waals surface area contributed by atoms with Crippen molar-refractivity contribution in [1.29, 1.82) is 0 Å². The number of carbonyl (C=O) groups is 1. The smallest absolute Gasteiger partial charge is 0.222 e. The van der Waals surface area contributed by atoms with Gasteiger partial charge in [0, 0.05) is 43.4 Å². The molecule has 5 nitrogen and oxygen atoms in total. The molecule has 0 spiro atoms. The fraction of sp³-hybridized carbons (Fsp3) is 0.667. The molecule has 2 aromatic heterocycles. The summed E-state index contributed by atoms with van der Waals surface area (Å²) in [5.41, 5.74) is 1.50. The minimum absolute atomic E-state index is 0.260. The molecule has 0 radical (unpaired) electrons. The third kappa shape index (κ3) is 3.44. The van der Waals surface area contributed by atoms with E-state index in [1.165, 1.54) is 39.9 Å². The first-order chi connectivity index (χ1) is 13.1. The molecule has 1 fully saturated rings. The van der Waals surface area contributed by atoms with Gasteiger partial charge in [-0.15, -0.1) is 11.3 Å². The average molecular weight is 387 g/mol. The van der Waals surface area contributed by atoms with E-state index in [2.05, 4.69) is 18.7 Å². The zero-order valence-corrected chi connectivity index (χ0v) is 17.6. The molecule has 146 valence electrons. The molecular formula is C21H30N4OS. The maximum atomic E-state index is 12.0. The second-order valence-electron chi connectivity index (χ2n) is 7.83. The van der Waals surface area contributed by atoms with Crippen molar-refractivity contribution in [2.75, 3.05) is 31.1 Å². The van der Waals surface area contributed by atoms with Crippen LogP contribution >= 0.6 is 11.3 Å². The molecule has 2 aliphatic rings. The number of amides is 1. The number of aryl methyl sites for hydroxylation is 2. The lowest BCUT2D eigenvalue weighted by Crippen LogP contribution is -2.49. The molecule has 3 heterocycles. The van der Waals surface area contributed by atoms with Gasteiger partial charge in [-0.1, -0.05) is 20.8 Å². The number of fused-ring (bicyclic) bond motifs is 3. The van der Waals surface area contributed by atoms with E-state index in [9.17, 15) is 4.79 Å². The summed E-state index contributed by atoms with van der Waals surface area (Å²) in [5.74, 6) is 2.73. The fourth-order valence-corrected chi connectivity index (χ4v) is 5.44. The van der Waals surface area contributed by atoms with Crippen LogP contribution < -0.4 is 4.90 Å². The maximum Gasteiger partial charge on any atom is 0.222 e. The molecule has 27 heavy (non-hydrogen) atoms. The molecule has 6 heteroatoms. The van der Waals surface area contributed by atoms with Crippen LogP contribution in [0.15, 0.2) is 0 Å². The van der Waals surface area contributed by atoms with Crippen molar-refractivity contribution in [1.82, 2.24) is 14.9 Å². The van der Waals surface area contributed by atoms with Crippen LogP contribution in [0.1, 0.15) is 68.6 Å². The van der Waals surface area contributed by atoms with E-state index in [1.807, 2.05) is 23.2 Å². The van der Waals surface area contributed by atoms with Crippen LogP contribution in [0.3, 0.4) is 0 Å². The second-order valence-corrected chi connectivity index (χ2v) is 8.91. The Morgan fingerprint density at radius 1 is 1.11 bits per heavy atom. The maximum absolute atomic E-state index is 12.0. The minimum atomic E-state index is 0.260. The van der Waals surface area contributed by atoms with Crippen LogP contribution in [0.2, 0.25) is 0 Å². The van der Waals surface area contributed by atoms with Gasteiger partial charge in [-0.2, -0.15) is 0 Å². The topological polar surface area (TPSA) is 49.3 Å². The molecule has 1 aliphatic heterocycles. The van der Waals surface area contributed by atoms with Crippen LogP contribution in [-0.2, 0) is 17.6 Å². The van der Waals surface area contributed by atoms with E-state index < -0.39 is 0 Å². The highest BCUT2D eigenvalue weighted by Gasteiger charge is 2.27. The summed E-state index contributed by atoms with van der Waals surface area (Å²) in [5, 5.41) is 1.30. The molecule has 1 saturated heterocycles. The molecule has 0 bridgehead atoms. The average Bonchev–Trinajstić information content (AvgIpc) is 3.10. The van der Waals surface area contributed by atoms with E-state index in [0.717, 1.165) is 50.7 Å². The van der Waals surface area contributed by atoms with Crippen molar-refractivity contribution in [3.63, 3.8) is 0 Å². The molecule has 0 aromatic carbocycles. The first kappa shape index (κ1) is 18.7. The number of hydrogen-bond acceptors (Lipinski definition) is 5. The number of nitrogens with zero attached hydrogens (tertiary/aromatic N) is 4. The van der Waals surface area contributed by atoms with Crippen LogP contribution in [0.25, 0.3) is 10.2 Å². The Hall–Kier alpha value is -1.69. The Balaban J connectivity index is 1.74. The lowest BCUT2D eigenvalue weighted by molar-refractivity contribution is -0.131. The molecule has 4 rings (SSSR count). The standard InChI is InChI=1S/C21H30N4OS/c1-4-14(3)19-22-20(25-12-10-24(11-13-25)17(26)5-2)18-15-8-6-7-9-16(15)27-21(18)23-19/h14H,4-13H2,1-3H3/t14-/m1/s1. The predicted molar refractivity (Wildman–Crippen MR) is 112 cm³/mol. The van der Waals surface area contributed by atoms with Gasteiger partial charge in [0.15, 0.2) is 0 Å². The highest BCUT2D eigenvalue weighted by Crippen LogP contribution is 2.40. The Kier molecular flexibility index (Phi) is 5.35. The van der Waals surface area contributed by atoms with Gasteiger partial charge in [0.1, 0.15) is 16.5 Å².